The SMILES string of the molecule is CC(=O)N(C)C(C#N)c1ccc(Br)cc1. The van der Waals surface area contributed by atoms with E-state index in [9.17, 15) is 4.79 Å². The molecule has 0 bridgehead atoms. The Balaban J connectivity index is 2.99. The van der Waals surface area contributed by atoms with Gasteiger partial charge < -0.3 is 4.90 Å². The Morgan fingerprint density at radius 3 is 2.40 bits per heavy atom. The van der Waals surface area contributed by atoms with E-state index in [0.29, 0.717) is 0 Å². The van der Waals surface area contributed by atoms with Crippen molar-refractivity contribution in [3.63, 3.8) is 0 Å². The van der Waals surface area contributed by atoms with Gasteiger partial charge in [-0.15, -0.1) is 0 Å². The van der Waals surface area contributed by atoms with Gasteiger partial charge in [0.2, 0.25) is 5.91 Å². The number of nitrogens with zero attached hydrogens (tertiary/aromatic N) is 2. The molecule has 0 aliphatic carbocycles. The Bertz CT molecular complexity index is 394. The van der Waals surface area contributed by atoms with Crippen LogP contribution in [0, 0.1) is 11.3 Å². The van der Waals surface area contributed by atoms with Crippen molar-refractivity contribution in [1.29, 1.82) is 5.26 Å². The summed E-state index contributed by atoms with van der Waals surface area (Å²) in [5, 5.41) is 9.01. The Kier molecular flexibility index (Phi) is 3.87. The van der Waals surface area contributed by atoms with Gasteiger partial charge in [-0.25, -0.2) is 0 Å². The van der Waals surface area contributed by atoms with E-state index in [0.717, 1.165) is 10.0 Å². The maximum Gasteiger partial charge on any atom is 0.220 e. The Morgan fingerprint density at radius 2 is 2.00 bits per heavy atom. The number of amides is 1. The van der Waals surface area contributed by atoms with E-state index in [1.165, 1.54) is 11.8 Å². The minimum atomic E-state index is -0.518. The van der Waals surface area contributed by atoms with Crippen LogP contribution in [0.5, 0.6) is 0 Å². The molecule has 1 unspecified atom stereocenters. The van der Waals surface area contributed by atoms with Gasteiger partial charge in [-0.1, -0.05) is 28.1 Å². The normalized spacial score (nSPS) is 11.6. The lowest BCUT2D eigenvalue weighted by atomic mass is 10.1. The van der Waals surface area contributed by atoms with E-state index in [1.54, 1.807) is 7.05 Å². The van der Waals surface area contributed by atoms with Gasteiger partial charge in [0.15, 0.2) is 0 Å². The molecule has 1 amide bonds. The lowest BCUT2D eigenvalue weighted by Gasteiger charge is -2.21. The highest BCUT2D eigenvalue weighted by Crippen LogP contribution is 2.20. The van der Waals surface area contributed by atoms with Crippen LogP contribution >= 0.6 is 15.9 Å². The summed E-state index contributed by atoms with van der Waals surface area (Å²) in [6.07, 6.45) is 0. The molecule has 0 aliphatic rings. The van der Waals surface area contributed by atoms with Gasteiger partial charge in [-0.2, -0.15) is 5.26 Å². The molecule has 1 aromatic carbocycles. The van der Waals surface area contributed by atoms with Gasteiger partial charge in [0.25, 0.3) is 0 Å². The molecule has 0 spiro atoms. The summed E-state index contributed by atoms with van der Waals surface area (Å²) in [6, 6.07) is 8.96. The first-order chi connectivity index (χ1) is 7.06. The first-order valence-corrected chi connectivity index (χ1v) is 5.24. The first-order valence-electron chi connectivity index (χ1n) is 4.44. The molecule has 4 heteroatoms. The smallest absolute Gasteiger partial charge is 0.220 e. The number of benzene rings is 1. The maximum atomic E-state index is 11.1. The monoisotopic (exact) mass is 266 g/mol. The standard InChI is InChI=1S/C11H11BrN2O/c1-8(15)14(2)11(7-13)9-3-5-10(12)6-4-9/h3-6,11H,1-2H3. The van der Waals surface area contributed by atoms with E-state index in [-0.39, 0.29) is 5.91 Å². The molecular weight excluding hydrogens is 256 g/mol. The van der Waals surface area contributed by atoms with Gasteiger partial charge >= 0.3 is 0 Å². The molecule has 0 aromatic heterocycles. The summed E-state index contributed by atoms with van der Waals surface area (Å²) in [6.45, 7) is 1.45. The van der Waals surface area contributed by atoms with Crippen LogP contribution in [0.4, 0.5) is 0 Å². The van der Waals surface area contributed by atoms with Crippen molar-refractivity contribution in [2.24, 2.45) is 0 Å². The van der Waals surface area contributed by atoms with Gasteiger partial charge in [0.1, 0.15) is 6.04 Å². The van der Waals surface area contributed by atoms with E-state index < -0.39 is 6.04 Å². The largest absolute Gasteiger partial charge is 0.326 e. The molecule has 0 saturated carbocycles. The third-order valence-corrected chi connectivity index (χ3v) is 2.72. The van der Waals surface area contributed by atoms with E-state index in [4.69, 9.17) is 5.26 Å². The molecule has 78 valence electrons. The average Bonchev–Trinajstić information content (AvgIpc) is 2.21. The number of hydrogen-bond acceptors (Lipinski definition) is 2. The van der Waals surface area contributed by atoms with Crippen molar-refractivity contribution in [2.75, 3.05) is 7.05 Å². The third-order valence-electron chi connectivity index (χ3n) is 2.19. The molecule has 1 aromatic rings. The van der Waals surface area contributed by atoms with Crippen LogP contribution in [0.1, 0.15) is 18.5 Å². The molecular formula is C11H11BrN2O. The Morgan fingerprint density at radius 1 is 1.47 bits per heavy atom. The predicted octanol–water partition coefficient (Wildman–Crippen LogP) is 2.49. The van der Waals surface area contributed by atoms with Gasteiger partial charge in [0, 0.05) is 18.4 Å². The van der Waals surface area contributed by atoms with Gasteiger partial charge in [0.05, 0.1) is 6.07 Å². The number of hydrogen-bond donors (Lipinski definition) is 0. The summed E-state index contributed by atoms with van der Waals surface area (Å²) in [4.78, 5) is 12.6. The quantitative estimate of drug-likeness (QED) is 0.826. The van der Waals surface area contributed by atoms with Crippen molar-refractivity contribution >= 4 is 21.8 Å². The second-order valence-electron chi connectivity index (χ2n) is 3.21. The molecule has 0 fully saturated rings. The zero-order valence-corrected chi connectivity index (χ0v) is 10.2. The molecule has 1 atom stereocenters. The van der Waals surface area contributed by atoms with E-state index in [1.807, 2.05) is 24.3 Å². The predicted molar refractivity (Wildman–Crippen MR) is 60.9 cm³/mol. The summed E-state index contributed by atoms with van der Waals surface area (Å²) in [5.74, 6) is -0.121. The Hall–Kier alpha value is -1.34. The summed E-state index contributed by atoms with van der Waals surface area (Å²) in [7, 11) is 1.62. The Labute approximate surface area is 97.4 Å². The fraction of sp³-hybridized carbons (Fsp3) is 0.273. The molecule has 0 saturated heterocycles. The molecule has 0 N–H and O–H groups in total. The minimum absolute atomic E-state index is 0.121. The van der Waals surface area contributed by atoms with E-state index >= 15 is 0 Å². The van der Waals surface area contributed by atoms with Crippen LogP contribution < -0.4 is 0 Å². The van der Waals surface area contributed by atoms with E-state index in [2.05, 4.69) is 22.0 Å². The minimum Gasteiger partial charge on any atom is -0.326 e. The topological polar surface area (TPSA) is 44.1 Å². The van der Waals surface area contributed by atoms with Crippen molar-refractivity contribution in [1.82, 2.24) is 4.90 Å². The lowest BCUT2D eigenvalue weighted by molar-refractivity contribution is -0.128. The summed E-state index contributed by atoms with van der Waals surface area (Å²) < 4.78 is 0.952. The zero-order valence-electron chi connectivity index (χ0n) is 8.57. The second-order valence-corrected chi connectivity index (χ2v) is 4.13. The third kappa shape index (κ3) is 2.80. The number of halogens is 1. The highest BCUT2D eigenvalue weighted by Gasteiger charge is 2.17. The van der Waals surface area contributed by atoms with Gasteiger partial charge in [-0.05, 0) is 17.7 Å². The fourth-order valence-electron chi connectivity index (χ4n) is 1.21. The molecule has 1 rings (SSSR count). The molecule has 0 heterocycles. The van der Waals surface area contributed by atoms with Crippen LogP contribution in [0.25, 0.3) is 0 Å². The highest BCUT2D eigenvalue weighted by atomic mass is 79.9. The number of nitriles is 1. The molecule has 15 heavy (non-hydrogen) atoms. The van der Waals surface area contributed by atoms with Crippen LogP contribution in [0.15, 0.2) is 28.7 Å². The highest BCUT2D eigenvalue weighted by molar-refractivity contribution is 9.10. The van der Waals surface area contributed by atoms with Crippen LogP contribution in [-0.4, -0.2) is 17.9 Å². The lowest BCUT2D eigenvalue weighted by Crippen LogP contribution is -2.28. The number of rotatable bonds is 2. The zero-order chi connectivity index (χ0) is 11.4. The second kappa shape index (κ2) is 4.94. The number of carbonyl (C=O) groups excluding carboxylic acids is 1. The van der Waals surface area contributed by atoms with Gasteiger partial charge in [-0.3, -0.25) is 4.79 Å². The van der Waals surface area contributed by atoms with Crippen molar-refractivity contribution in [3.05, 3.63) is 34.3 Å². The van der Waals surface area contributed by atoms with Crippen molar-refractivity contribution in [3.8, 4) is 6.07 Å². The molecule has 0 aliphatic heterocycles. The number of carbonyl (C=O) groups is 1. The van der Waals surface area contributed by atoms with Crippen molar-refractivity contribution < 1.29 is 4.79 Å². The van der Waals surface area contributed by atoms with Crippen LogP contribution in [-0.2, 0) is 4.79 Å². The van der Waals surface area contributed by atoms with Crippen LogP contribution in [0.2, 0.25) is 0 Å². The molecule has 0 radical (unpaired) electrons. The molecule has 3 nitrogen and oxygen atoms in total. The first kappa shape index (κ1) is 11.7. The maximum absolute atomic E-state index is 11.1. The summed E-state index contributed by atoms with van der Waals surface area (Å²) in [5.41, 5.74) is 0.818. The van der Waals surface area contributed by atoms with Crippen molar-refractivity contribution in [2.45, 2.75) is 13.0 Å². The average molecular weight is 267 g/mol. The summed E-state index contributed by atoms with van der Waals surface area (Å²) >= 11 is 3.32. The van der Waals surface area contributed by atoms with Crippen LogP contribution in [0.3, 0.4) is 0 Å². The fourth-order valence-corrected chi connectivity index (χ4v) is 1.48.